The molecule has 0 fully saturated rings. The maximum atomic E-state index is 5.58. The Morgan fingerprint density at radius 2 is 1.16 bits per heavy atom. The van der Waals surface area contributed by atoms with Crippen molar-refractivity contribution in [1.82, 2.24) is 0 Å². The first-order valence-electron chi connectivity index (χ1n) is 8.79. The van der Waals surface area contributed by atoms with Crippen molar-refractivity contribution in [3.05, 3.63) is 95.6 Å². The monoisotopic (exact) mass is 332 g/mol. The highest BCUT2D eigenvalue weighted by atomic mass is 16.7. The van der Waals surface area contributed by atoms with Crippen molar-refractivity contribution in [2.75, 3.05) is 6.79 Å². The molecule has 25 heavy (non-hydrogen) atoms. The summed E-state index contributed by atoms with van der Waals surface area (Å²) in [5.74, 6) is 1.64. The lowest BCUT2D eigenvalue weighted by Gasteiger charge is -2.32. The molecule has 0 N–H and O–H groups in total. The molecule has 0 bridgehead atoms. The molecule has 0 atom stereocenters. The number of hydrogen-bond donors (Lipinski definition) is 0. The highest BCUT2D eigenvalue weighted by molar-refractivity contribution is 5.54. The van der Waals surface area contributed by atoms with Gasteiger partial charge in [0.15, 0.2) is 11.5 Å². The van der Waals surface area contributed by atoms with Crippen LogP contribution in [0.5, 0.6) is 11.5 Å². The normalized spacial score (nSPS) is 12.3. The van der Waals surface area contributed by atoms with E-state index in [1.165, 1.54) is 16.7 Å². The first-order chi connectivity index (χ1) is 12.3. The van der Waals surface area contributed by atoms with E-state index in [1.54, 1.807) is 0 Å². The fourth-order valence-corrected chi connectivity index (χ4v) is 3.25. The van der Waals surface area contributed by atoms with Crippen LogP contribution in [0.1, 0.15) is 37.5 Å². The van der Waals surface area contributed by atoms with Crippen molar-refractivity contribution in [2.24, 2.45) is 0 Å². The topological polar surface area (TPSA) is 18.5 Å². The summed E-state index contributed by atoms with van der Waals surface area (Å²) in [6.45, 7) is 6.56. The van der Waals surface area contributed by atoms with Crippen LogP contribution >= 0.6 is 0 Å². The predicted molar refractivity (Wildman–Crippen MR) is 102 cm³/mol. The van der Waals surface area contributed by atoms with Crippen LogP contribution in [0.4, 0.5) is 0 Å². The predicted octanol–water partition coefficient (Wildman–Crippen LogP) is 5.80. The van der Waals surface area contributed by atoms with E-state index in [1.807, 2.05) is 19.9 Å². The van der Waals surface area contributed by atoms with Crippen LogP contribution in [0, 0.1) is 0 Å². The summed E-state index contributed by atoms with van der Waals surface area (Å²) in [6, 6.07) is 27.4. The van der Waals surface area contributed by atoms with E-state index in [9.17, 15) is 0 Å². The summed E-state index contributed by atoms with van der Waals surface area (Å²) in [5.41, 5.74) is 3.46. The number of fused-ring (bicyclic) bond motifs is 1. The third-order valence-corrected chi connectivity index (χ3v) is 4.65. The zero-order chi connectivity index (χ0) is 17.7. The lowest BCUT2D eigenvalue weighted by molar-refractivity contribution is 0.174. The second-order valence-corrected chi connectivity index (χ2v) is 5.93. The Kier molecular flexibility index (Phi) is 5.08. The van der Waals surface area contributed by atoms with Crippen LogP contribution in [-0.4, -0.2) is 6.79 Å². The average Bonchev–Trinajstić information content (AvgIpc) is 3.18. The molecular weight excluding hydrogens is 308 g/mol. The first kappa shape index (κ1) is 17.1. The van der Waals surface area contributed by atoms with Gasteiger partial charge >= 0.3 is 0 Å². The molecule has 0 aliphatic carbocycles. The minimum atomic E-state index is -0.247. The summed E-state index contributed by atoms with van der Waals surface area (Å²) in [4.78, 5) is 0. The van der Waals surface area contributed by atoms with Crippen LogP contribution < -0.4 is 9.47 Å². The molecule has 1 heterocycles. The van der Waals surface area contributed by atoms with Gasteiger partial charge in [0.25, 0.3) is 0 Å². The molecule has 1 aliphatic heterocycles. The van der Waals surface area contributed by atoms with Gasteiger partial charge in [-0.05, 0) is 35.7 Å². The molecule has 1 aliphatic rings. The van der Waals surface area contributed by atoms with Crippen LogP contribution in [0.15, 0.2) is 78.9 Å². The molecule has 2 nitrogen and oxygen atoms in total. The van der Waals surface area contributed by atoms with Crippen molar-refractivity contribution >= 4 is 0 Å². The van der Waals surface area contributed by atoms with Gasteiger partial charge in [-0.2, -0.15) is 0 Å². The molecule has 0 saturated carbocycles. The molecule has 2 heteroatoms. The highest BCUT2D eigenvalue weighted by Crippen LogP contribution is 2.42. The van der Waals surface area contributed by atoms with Crippen LogP contribution in [-0.2, 0) is 5.41 Å². The van der Waals surface area contributed by atoms with E-state index in [0.717, 1.165) is 11.5 Å². The van der Waals surface area contributed by atoms with Crippen molar-refractivity contribution in [1.29, 1.82) is 0 Å². The van der Waals surface area contributed by atoms with E-state index in [4.69, 9.17) is 9.47 Å². The Morgan fingerprint density at radius 1 is 0.640 bits per heavy atom. The van der Waals surface area contributed by atoms with Crippen molar-refractivity contribution < 1.29 is 9.47 Å². The Hall–Kier alpha value is -2.74. The molecule has 3 aromatic rings. The maximum absolute atomic E-state index is 5.58. The molecule has 0 aromatic heterocycles. The van der Waals surface area contributed by atoms with E-state index < -0.39 is 0 Å². The zero-order valence-electron chi connectivity index (χ0n) is 15.0. The van der Waals surface area contributed by atoms with E-state index >= 15 is 0 Å². The maximum Gasteiger partial charge on any atom is 0.231 e. The van der Waals surface area contributed by atoms with Gasteiger partial charge in [0.1, 0.15) is 0 Å². The molecule has 0 spiro atoms. The molecule has 4 rings (SSSR count). The summed E-state index contributed by atoms with van der Waals surface area (Å²) < 4.78 is 11.0. The van der Waals surface area contributed by atoms with E-state index in [-0.39, 0.29) is 5.41 Å². The number of benzene rings is 3. The number of ether oxygens (including phenoxy) is 2. The van der Waals surface area contributed by atoms with E-state index in [0.29, 0.717) is 6.79 Å². The van der Waals surface area contributed by atoms with Gasteiger partial charge in [-0.15, -0.1) is 0 Å². The van der Waals surface area contributed by atoms with Crippen LogP contribution in [0.3, 0.4) is 0 Å². The number of rotatable bonds is 3. The van der Waals surface area contributed by atoms with Gasteiger partial charge in [0, 0.05) is 5.41 Å². The minimum Gasteiger partial charge on any atom is -0.454 e. The zero-order valence-corrected chi connectivity index (χ0v) is 15.0. The first-order valence-corrected chi connectivity index (χ1v) is 8.79. The molecule has 3 aromatic carbocycles. The summed E-state index contributed by atoms with van der Waals surface area (Å²) in [7, 11) is 0. The molecule has 128 valence electrons. The lowest BCUT2D eigenvalue weighted by Crippen LogP contribution is -2.25. The van der Waals surface area contributed by atoms with Gasteiger partial charge in [-0.1, -0.05) is 80.6 Å². The van der Waals surface area contributed by atoms with Crippen LogP contribution in [0.25, 0.3) is 0 Å². The second kappa shape index (κ2) is 7.43. The standard InChI is InChI=1S/C21H18O2.C2H6/c1-21(16-8-4-2-5-9-16,17-10-6-3-7-11-17)18-12-13-19-20(14-18)23-15-22-19;1-2/h2-14H,15H2,1H3;1-2H3. The lowest BCUT2D eigenvalue weighted by atomic mass is 9.71. The Balaban J connectivity index is 0.000000880. The Morgan fingerprint density at radius 3 is 1.72 bits per heavy atom. The van der Waals surface area contributed by atoms with Gasteiger partial charge in [-0.25, -0.2) is 0 Å². The fraction of sp³-hybridized carbons (Fsp3) is 0.217. The summed E-state index contributed by atoms with van der Waals surface area (Å²) in [6.07, 6.45) is 0. The number of hydrogen-bond acceptors (Lipinski definition) is 2. The Bertz CT molecular complexity index is 771. The molecule has 0 saturated heterocycles. The highest BCUT2D eigenvalue weighted by Gasteiger charge is 2.32. The van der Waals surface area contributed by atoms with E-state index in [2.05, 4.69) is 79.7 Å². The third kappa shape index (κ3) is 3.12. The quantitative estimate of drug-likeness (QED) is 0.565. The average molecular weight is 332 g/mol. The second-order valence-electron chi connectivity index (χ2n) is 5.93. The molecule has 0 unspecified atom stereocenters. The van der Waals surface area contributed by atoms with Gasteiger partial charge in [0.2, 0.25) is 6.79 Å². The van der Waals surface area contributed by atoms with Crippen molar-refractivity contribution in [3.8, 4) is 11.5 Å². The van der Waals surface area contributed by atoms with Gasteiger partial charge in [-0.3, -0.25) is 0 Å². The fourth-order valence-electron chi connectivity index (χ4n) is 3.25. The third-order valence-electron chi connectivity index (χ3n) is 4.65. The minimum absolute atomic E-state index is 0.247. The van der Waals surface area contributed by atoms with Gasteiger partial charge < -0.3 is 9.47 Å². The smallest absolute Gasteiger partial charge is 0.231 e. The SMILES string of the molecule is CC.CC(c1ccccc1)(c1ccccc1)c1ccc2c(c1)OCO2. The van der Waals surface area contributed by atoms with Crippen molar-refractivity contribution in [2.45, 2.75) is 26.2 Å². The van der Waals surface area contributed by atoms with Gasteiger partial charge in [0.05, 0.1) is 0 Å². The summed E-state index contributed by atoms with van der Waals surface area (Å²) >= 11 is 0. The largest absolute Gasteiger partial charge is 0.454 e. The Labute approximate surface area is 150 Å². The molecule has 0 amide bonds. The van der Waals surface area contributed by atoms with Crippen LogP contribution in [0.2, 0.25) is 0 Å². The molecule has 0 radical (unpaired) electrons. The van der Waals surface area contributed by atoms with Crippen molar-refractivity contribution in [3.63, 3.8) is 0 Å². The molecular formula is C23H24O2. The summed E-state index contributed by atoms with van der Waals surface area (Å²) in [5, 5.41) is 0.